The number of hydrogen-bond donors (Lipinski definition) is 0. The first-order valence-corrected chi connectivity index (χ1v) is 8.05. The molecule has 0 fully saturated rings. The van der Waals surface area contributed by atoms with E-state index in [1.54, 1.807) is 7.05 Å². The van der Waals surface area contributed by atoms with Crippen molar-refractivity contribution >= 4 is 22.2 Å². The van der Waals surface area contributed by atoms with E-state index >= 15 is 0 Å². The van der Waals surface area contributed by atoms with Gasteiger partial charge in [-0.25, -0.2) is 4.98 Å². The van der Waals surface area contributed by atoms with E-state index in [0.717, 1.165) is 16.3 Å². The first kappa shape index (κ1) is 15.5. The monoisotopic (exact) mass is 330 g/mol. The summed E-state index contributed by atoms with van der Waals surface area (Å²) < 4.78 is 3.47. The van der Waals surface area contributed by atoms with E-state index in [-0.39, 0.29) is 17.0 Å². The second-order valence-corrected chi connectivity index (χ2v) is 6.79. The number of thiazole rings is 1. The lowest BCUT2D eigenvalue weighted by Crippen LogP contribution is -2.33. The van der Waals surface area contributed by atoms with Crippen LogP contribution in [0.3, 0.4) is 0 Å². The minimum absolute atomic E-state index is 0.0973. The standard InChI is InChI=1S/C16H18N4O2S/c1-10-11(2)23-16-17-8-13(15(22)20(10)16)14(21)19(4)9-12-6-5-7-18(12)3/h5-8H,9H2,1-4H3. The van der Waals surface area contributed by atoms with Gasteiger partial charge in [0.15, 0.2) is 4.96 Å². The molecule has 0 atom stereocenters. The molecule has 0 radical (unpaired) electrons. The predicted octanol–water partition coefficient (Wildman–Crippen LogP) is 1.98. The maximum absolute atomic E-state index is 12.7. The highest BCUT2D eigenvalue weighted by molar-refractivity contribution is 7.17. The molecule has 7 heteroatoms. The summed E-state index contributed by atoms with van der Waals surface area (Å²) in [5, 5.41) is 0. The molecule has 3 aromatic heterocycles. The minimum Gasteiger partial charge on any atom is -0.353 e. The van der Waals surface area contributed by atoms with Gasteiger partial charge in [-0.3, -0.25) is 14.0 Å². The number of aromatic nitrogens is 3. The van der Waals surface area contributed by atoms with Crippen LogP contribution in [0.15, 0.2) is 29.3 Å². The lowest BCUT2D eigenvalue weighted by Gasteiger charge is -2.17. The van der Waals surface area contributed by atoms with Crippen molar-refractivity contribution < 1.29 is 4.79 Å². The topological polar surface area (TPSA) is 59.6 Å². The molecule has 0 N–H and O–H groups in total. The smallest absolute Gasteiger partial charge is 0.271 e. The van der Waals surface area contributed by atoms with Gasteiger partial charge in [-0.15, -0.1) is 11.3 Å². The van der Waals surface area contributed by atoms with Gasteiger partial charge in [-0.2, -0.15) is 0 Å². The van der Waals surface area contributed by atoms with Gasteiger partial charge in [0.2, 0.25) is 0 Å². The Balaban J connectivity index is 1.98. The number of hydrogen-bond acceptors (Lipinski definition) is 4. The Morgan fingerprint density at radius 3 is 2.78 bits per heavy atom. The van der Waals surface area contributed by atoms with Crippen molar-refractivity contribution in [2.45, 2.75) is 20.4 Å². The average molecular weight is 330 g/mol. The van der Waals surface area contributed by atoms with Gasteiger partial charge in [-0.05, 0) is 26.0 Å². The molecular weight excluding hydrogens is 312 g/mol. The normalized spacial score (nSPS) is 11.1. The summed E-state index contributed by atoms with van der Waals surface area (Å²) in [4.78, 5) is 32.7. The summed E-state index contributed by atoms with van der Waals surface area (Å²) in [6.45, 7) is 4.24. The molecule has 0 spiro atoms. The Morgan fingerprint density at radius 1 is 1.39 bits per heavy atom. The first-order chi connectivity index (χ1) is 10.9. The summed E-state index contributed by atoms with van der Waals surface area (Å²) >= 11 is 1.45. The Labute approximate surface area is 137 Å². The number of amides is 1. The second kappa shape index (κ2) is 5.66. The van der Waals surface area contributed by atoms with E-state index in [1.807, 2.05) is 43.8 Å². The van der Waals surface area contributed by atoms with Gasteiger partial charge in [0, 0.05) is 42.8 Å². The fraction of sp³-hybridized carbons (Fsp3) is 0.312. The average Bonchev–Trinajstić information content (AvgIpc) is 3.03. The number of carbonyl (C=O) groups is 1. The van der Waals surface area contributed by atoms with Gasteiger partial charge in [-0.1, -0.05) is 0 Å². The van der Waals surface area contributed by atoms with E-state index in [1.165, 1.54) is 26.8 Å². The van der Waals surface area contributed by atoms with E-state index < -0.39 is 0 Å². The Bertz CT molecular complexity index is 951. The van der Waals surface area contributed by atoms with Gasteiger partial charge in [0.1, 0.15) is 5.56 Å². The molecule has 0 saturated heterocycles. The fourth-order valence-corrected chi connectivity index (χ4v) is 3.43. The molecule has 3 rings (SSSR count). The van der Waals surface area contributed by atoms with Crippen LogP contribution in [0.25, 0.3) is 4.96 Å². The number of aryl methyl sites for hydroxylation is 3. The maximum Gasteiger partial charge on any atom is 0.271 e. The van der Waals surface area contributed by atoms with Crippen LogP contribution in [0.1, 0.15) is 26.6 Å². The summed E-state index contributed by atoms with van der Waals surface area (Å²) in [5.41, 5.74) is 1.63. The summed E-state index contributed by atoms with van der Waals surface area (Å²) in [5.74, 6) is -0.318. The van der Waals surface area contributed by atoms with Crippen molar-refractivity contribution in [3.8, 4) is 0 Å². The Morgan fingerprint density at radius 2 is 2.13 bits per heavy atom. The summed E-state index contributed by atoms with van der Waals surface area (Å²) in [6.07, 6.45) is 3.31. The Hall–Kier alpha value is -2.41. The van der Waals surface area contributed by atoms with Gasteiger partial charge >= 0.3 is 0 Å². The molecule has 3 heterocycles. The minimum atomic E-state index is -0.318. The maximum atomic E-state index is 12.7. The molecule has 1 amide bonds. The van der Waals surface area contributed by atoms with E-state index in [0.29, 0.717) is 11.5 Å². The highest BCUT2D eigenvalue weighted by atomic mass is 32.1. The van der Waals surface area contributed by atoms with Crippen LogP contribution in [-0.4, -0.2) is 31.8 Å². The number of nitrogens with zero attached hydrogens (tertiary/aromatic N) is 4. The van der Waals surface area contributed by atoms with Crippen LogP contribution in [-0.2, 0) is 13.6 Å². The van der Waals surface area contributed by atoms with Crippen LogP contribution in [0.5, 0.6) is 0 Å². The van der Waals surface area contributed by atoms with Crippen LogP contribution in [0.2, 0.25) is 0 Å². The summed E-state index contributed by atoms with van der Waals surface area (Å²) in [7, 11) is 3.61. The third kappa shape index (κ3) is 2.57. The third-order valence-electron chi connectivity index (χ3n) is 4.05. The van der Waals surface area contributed by atoms with Gasteiger partial charge in [0.25, 0.3) is 11.5 Å². The van der Waals surface area contributed by atoms with Crippen LogP contribution in [0.4, 0.5) is 0 Å². The molecular formula is C16H18N4O2S. The molecule has 0 bridgehead atoms. The molecule has 0 saturated carbocycles. The molecule has 23 heavy (non-hydrogen) atoms. The molecule has 0 aromatic carbocycles. The molecule has 0 aliphatic rings. The highest BCUT2D eigenvalue weighted by Crippen LogP contribution is 2.18. The Kier molecular flexibility index (Phi) is 3.81. The molecule has 0 aliphatic carbocycles. The van der Waals surface area contributed by atoms with E-state index in [2.05, 4.69) is 4.98 Å². The molecule has 0 aliphatic heterocycles. The second-order valence-electron chi connectivity index (χ2n) is 5.61. The van der Waals surface area contributed by atoms with Crippen molar-refractivity contribution in [3.05, 3.63) is 56.7 Å². The quantitative estimate of drug-likeness (QED) is 0.738. The lowest BCUT2D eigenvalue weighted by atomic mass is 10.2. The lowest BCUT2D eigenvalue weighted by molar-refractivity contribution is 0.0780. The zero-order valence-corrected chi connectivity index (χ0v) is 14.3. The summed E-state index contributed by atoms with van der Waals surface area (Å²) in [6, 6.07) is 3.87. The van der Waals surface area contributed by atoms with Crippen molar-refractivity contribution in [1.82, 2.24) is 18.9 Å². The molecule has 3 aromatic rings. The first-order valence-electron chi connectivity index (χ1n) is 7.23. The van der Waals surface area contributed by atoms with Crippen molar-refractivity contribution in [2.75, 3.05) is 7.05 Å². The van der Waals surface area contributed by atoms with E-state index in [4.69, 9.17) is 0 Å². The van der Waals surface area contributed by atoms with Crippen LogP contribution < -0.4 is 5.56 Å². The highest BCUT2D eigenvalue weighted by Gasteiger charge is 2.20. The molecule has 120 valence electrons. The van der Waals surface area contributed by atoms with Crippen LogP contribution in [0, 0.1) is 13.8 Å². The van der Waals surface area contributed by atoms with Gasteiger partial charge < -0.3 is 9.47 Å². The molecule has 0 unspecified atom stereocenters. The third-order valence-corrected chi connectivity index (χ3v) is 5.12. The van der Waals surface area contributed by atoms with Crippen molar-refractivity contribution in [2.24, 2.45) is 7.05 Å². The fourth-order valence-electron chi connectivity index (χ4n) is 2.50. The van der Waals surface area contributed by atoms with Crippen LogP contribution >= 0.6 is 11.3 Å². The van der Waals surface area contributed by atoms with Crippen molar-refractivity contribution in [1.29, 1.82) is 0 Å². The number of fused-ring (bicyclic) bond motifs is 1. The van der Waals surface area contributed by atoms with E-state index in [9.17, 15) is 9.59 Å². The predicted molar refractivity (Wildman–Crippen MR) is 90.0 cm³/mol. The SMILES string of the molecule is Cc1sc2ncc(C(=O)N(C)Cc3cccn3C)c(=O)n2c1C. The zero-order chi connectivity index (χ0) is 16.7. The molecule has 6 nitrogen and oxygen atoms in total. The zero-order valence-electron chi connectivity index (χ0n) is 13.5. The van der Waals surface area contributed by atoms with Crippen molar-refractivity contribution in [3.63, 3.8) is 0 Å². The largest absolute Gasteiger partial charge is 0.353 e. The van der Waals surface area contributed by atoms with Gasteiger partial charge in [0.05, 0.1) is 6.54 Å². The number of rotatable bonds is 3. The number of carbonyl (C=O) groups excluding carboxylic acids is 1.